The van der Waals surface area contributed by atoms with Crippen LogP contribution >= 0.6 is 31.9 Å². The van der Waals surface area contributed by atoms with E-state index < -0.39 is 11.9 Å². The van der Waals surface area contributed by atoms with Gasteiger partial charge in [0.05, 0.1) is 11.4 Å². The summed E-state index contributed by atoms with van der Waals surface area (Å²) in [5.74, 6) is -0.709. The van der Waals surface area contributed by atoms with E-state index in [2.05, 4.69) is 41.8 Å². The van der Waals surface area contributed by atoms with Crippen molar-refractivity contribution in [2.24, 2.45) is 9.98 Å². The van der Waals surface area contributed by atoms with E-state index in [-0.39, 0.29) is 0 Å². The van der Waals surface area contributed by atoms with Gasteiger partial charge in [-0.05, 0) is 108 Å². The number of halogens is 2. The summed E-state index contributed by atoms with van der Waals surface area (Å²) in [6.07, 6.45) is 5.47. The standard InChI is InChI=1S/C30H20Br2N2O4/c31-23-5-9-25(10-6-23)33-19-21-1-13-27(14-2-21)37-29(35)17-18-30(36)38-28-15-3-22(4-16-28)20-34-26-11-7-24(32)8-12-26/h1-20H. The molecule has 0 N–H and O–H groups in total. The summed E-state index contributed by atoms with van der Waals surface area (Å²) in [5, 5.41) is 0. The largest absolute Gasteiger partial charge is 0.423 e. The third-order valence-corrected chi connectivity index (χ3v) is 5.99. The van der Waals surface area contributed by atoms with E-state index in [9.17, 15) is 9.59 Å². The average molecular weight is 632 g/mol. The molecule has 0 aliphatic heterocycles. The highest BCUT2D eigenvalue weighted by Crippen LogP contribution is 2.19. The van der Waals surface area contributed by atoms with Crippen molar-refractivity contribution in [3.63, 3.8) is 0 Å². The van der Waals surface area contributed by atoms with Crippen molar-refractivity contribution in [1.29, 1.82) is 0 Å². The Morgan fingerprint density at radius 1 is 0.526 bits per heavy atom. The first-order valence-corrected chi connectivity index (χ1v) is 12.9. The topological polar surface area (TPSA) is 77.3 Å². The highest BCUT2D eigenvalue weighted by Gasteiger charge is 2.05. The second kappa shape index (κ2) is 13.4. The van der Waals surface area contributed by atoms with Crippen LogP contribution in [0.1, 0.15) is 11.1 Å². The van der Waals surface area contributed by atoms with Crippen LogP contribution in [0.3, 0.4) is 0 Å². The van der Waals surface area contributed by atoms with Crippen LogP contribution in [0.2, 0.25) is 0 Å². The highest BCUT2D eigenvalue weighted by atomic mass is 79.9. The molecule has 0 saturated carbocycles. The first-order valence-electron chi connectivity index (χ1n) is 11.3. The summed E-state index contributed by atoms with van der Waals surface area (Å²) in [6, 6.07) is 28.9. The van der Waals surface area contributed by atoms with E-state index in [4.69, 9.17) is 9.47 Å². The zero-order valence-electron chi connectivity index (χ0n) is 19.8. The van der Waals surface area contributed by atoms with Crippen molar-refractivity contribution < 1.29 is 19.1 Å². The molecule has 0 heterocycles. The molecule has 0 spiro atoms. The monoisotopic (exact) mass is 630 g/mol. The quantitative estimate of drug-likeness (QED) is 0.0861. The van der Waals surface area contributed by atoms with Gasteiger partial charge in [-0.25, -0.2) is 9.59 Å². The number of carbonyl (C=O) groups is 2. The van der Waals surface area contributed by atoms with Crippen molar-refractivity contribution in [3.05, 3.63) is 129 Å². The van der Waals surface area contributed by atoms with Crippen molar-refractivity contribution >= 4 is 67.6 Å². The summed E-state index contributed by atoms with van der Waals surface area (Å²) >= 11 is 6.78. The van der Waals surface area contributed by atoms with Crippen LogP contribution in [0, 0.1) is 0 Å². The molecule has 188 valence electrons. The predicted octanol–water partition coefficient (Wildman–Crippen LogP) is 7.78. The molecule has 0 aliphatic rings. The molecule has 4 rings (SSSR count). The van der Waals surface area contributed by atoms with E-state index in [1.165, 1.54) is 0 Å². The molecule has 6 nitrogen and oxygen atoms in total. The molecule has 0 saturated heterocycles. The van der Waals surface area contributed by atoms with E-state index in [0.717, 1.165) is 43.6 Å². The first-order chi connectivity index (χ1) is 18.4. The van der Waals surface area contributed by atoms with Gasteiger partial charge in [-0.15, -0.1) is 0 Å². The van der Waals surface area contributed by atoms with Crippen molar-refractivity contribution in [3.8, 4) is 11.5 Å². The number of carbonyl (C=O) groups excluding carboxylic acids is 2. The van der Waals surface area contributed by atoms with Crippen LogP contribution in [-0.4, -0.2) is 24.4 Å². The summed E-state index contributed by atoms with van der Waals surface area (Å²) in [5.41, 5.74) is 3.33. The van der Waals surface area contributed by atoms with Crippen LogP contribution < -0.4 is 9.47 Å². The molecule has 0 radical (unpaired) electrons. The van der Waals surface area contributed by atoms with E-state index in [0.29, 0.717) is 11.5 Å². The summed E-state index contributed by atoms with van der Waals surface area (Å²) in [7, 11) is 0. The van der Waals surface area contributed by atoms with Gasteiger partial charge in [0.15, 0.2) is 0 Å². The van der Waals surface area contributed by atoms with Crippen molar-refractivity contribution in [1.82, 2.24) is 0 Å². The fraction of sp³-hybridized carbons (Fsp3) is 0. The lowest BCUT2D eigenvalue weighted by Gasteiger charge is -2.03. The van der Waals surface area contributed by atoms with Gasteiger partial charge in [0, 0.05) is 33.5 Å². The lowest BCUT2D eigenvalue weighted by Crippen LogP contribution is -2.08. The van der Waals surface area contributed by atoms with E-state index >= 15 is 0 Å². The molecule has 4 aromatic carbocycles. The van der Waals surface area contributed by atoms with Crippen LogP contribution in [0.25, 0.3) is 0 Å². The fourth-order valence-electron chi connectivity index (χ4n) is 3.03. The smallest absolute Gasteiger partial charge is 0.336 e. The number of benzene rings is 4. The molecule has 0 amide bonds. The third kappa shape index (κ3) is 8.76. The van der Waals surface area contributed by atoms with Crippen LogP contribution in [0.15, 0.2) is 128 Å². The number of ether oxygens (including phenoxy) is 2. The Morgan fingerprint density at radius 2 is 0.868 bits per heavy atom. The lowest BCUT2D eigenvalue weighted by molar-refractivity contribution is -0.131. The fourth-order valence-corrected chi connectivity index (χ4v) is 3.56. The molecule has 4 aromatic rings. The summed E-state index contributed by atoms with van der Waals surface area (Å²) < 4.78 is 12.4. The molecule has 0 atom stereocenters. The Labute approximate surface area is 236 Å². The third-order valence-electron chi connectivity index (χ3n) is 4.93. The van der Waals surface area contributed by atoms with Gasteiger partial charge in [-0.3, -0.25) is 9.98 Å². The minimum atomic E-state index is -0.697. The Kier molecular flexibility index (Phi) is 9.50. The number of hydrogen-bond donors (Lipinski definition) is 0. The molecule has 0 aliphatic carbocycles. The van der Waals surface area contributed by atoms with Crippen LogP contribution in [0.5, 0.6) is 11.5 Å². The summed E-state index contributed by atoms with van der Waals surface area (Å²) in [4.78, 5) is 33.0. The van der Waals surface area contributed by atoms with Gasteiger partial charge in [0.1, 0.15) is 11.5 Å². The predicted molar refractivity (Wildman–Crippen MR) is 156 cm³/mol. The molecule has 8 heteroatoms. The van der Waals surface area contributed by atoms with Crippen molar-refractivity contribution in [2.75, 3.05) is 0 Å². The number of nitrogens with zero attached hydrogens (tertiary/aromatic N) is 2. The Hall–Kier alpha value is -4.14. The van der Waals surface area contributed by atoms with Crippen molar-refractivity contribution in [2.45, 2.75) is 0 Å². The zero-order chi connectivity index (χ0) is 26.7. The molecule has 38 heavy (non-hydrogen) atoms. The lowest BCUT2D eigenvalue weighted by atomic mass is 10.2. The minimum absolute atomic E-state index is 0.342. The Morgan fingerprint density at radius 3 is 1.21 bits per heavy atom. The SMILES string of the molecule is O=C(C=CC(=O)Oc1ccc(C=Nc2ccc(Br)cc2)cc1)Oc1ccc(C=Nc2ccc(Br)cc2)cc1. The van der Waals surface area contributed by atoms with Gasteiger partial charge in [-0.2, -0.15) is 0 Å². The van der Waals surface area contributed by atoms with E-state index in [1.807, 2.05) is 48.5 Å². The van der Waals surface area contributed by atoms with Gasteiger partial charge in [-0.1, -0.05) is 31.9 Å². The maximum Gasteiger partial charge on any atom is 0.336 e. The number of rotatable bonds is 8. The Bertz CT molecular complexity index is 1360. The van der Waals surface area contributed by atoms with Gasteiger partial charge < -0.3 is 9.47 Å². The molecule has 0 unspecified atom stereocenters. The second-order valence-electron chi connectivity index (χ2n) is 7.78. The summed E-state index contributed by atoms with van der Waals surface area (Å²) in [6.45, 7) is 0. The zero-order valence-corrected chi connectivity index (χ0v) is 23.0. The number of esters is 2. The molecule has 0 aromatic heterocycles. The Balaban J connectivity index is 1.24. The minimum Gasteiger partial charge on any atom is -0.423 e. The van der Waals surface area contributed by atoms with Gasteiger partial charge in [0.2, 0.25) is 0 Å². The number of hydrogen-bond acceptors (Lipinski definition) is 6. The van der Waals surface area contributed by atoms with Gasteiger partial charge in [0.25, 0.3) is 0 Å². The maximum absolute atomic E-state index is 12.1. The normalized spacial score (nSPS) is 11.3. The van der Waals surface area contributed by atoms with Crippen LogP contribution in [0.4, 0.5) is 11.4 Å². The first kappa shape index (κ1) is 26.9. The average Bonchev–Trinajstić information content (AvgIpc) is 2.93. The van der Waals surface area contributed by atoms with Gasteiger partial charge >= 0.3 is 11.9 Å². The molecular formula is C30H20Br2N2O4. The highest BCUT2D eigenvalue weighted by molar-refractivity contribution is 9.10. The maximum atomic E-state index is 12.1. The molecule has 0 bridgehead atoms. The number of aliphatic imine (C=N–C) groups is 2. The van der Waals surface area contributed by atoms with Crippen LogP contribution in [-0.2, 0) is 9.59 Å². The van der Waals surface area contributed by atoms with E-state index in [1.54, 1.807) is 61.0 Å². The second-order valence-corrected chi connectivity index (χ2v) is 9.61. The molecular weight excluding hydrogens is 612 g/mol. The molecule has 0 fully saturated rings.